The van der Waals surface area contributed by atoms with Gasteiger partial charge in [-0.2, -0.15) is 4.98 Å². The van der Waals surface area contributed by atoms with Crippen molar-refractivity contribution < 1.29 is 0 Å². The third-order valence-corrected chi connectivity index (χ3v) is 4.29. The van der Waals surface area contributed by atoms with E-state index in [-0.39, 0.29) is 0 Å². The van der Waals surface area contributed by atoms with E-state index in [4.69, 9.17) is 17.3 Å². The molecule has 92 valence electrons. The van der Waals surface area contributed by atoms with Crippen molar-refractivity contribution in [1.82, 2.24) is 9.97 Å². The zero-order valence-corrected chi connectivity index (χ0v) is 10.5. The zero-order chi connectivity index (χ0) is 11.8. The van der Waals surface area contributed by atoms with Gasteiger partial charge in [-0.05, 0) is 25.2 Å². The lowest BCUT2D eigenvalue weighted by atomic mass is 9.85. The van der Waals surface area contributed by atoms with E-state index in [1.165, 1.54) is 32.1 Å². The lowest BCUT2D eigenvalue weighted by Crippen LogP contribution is -2.35. The summed E-state index contributed by atoms with van der Waals surface area (Å²) in [5.74, 6) is 1.95. The minimum atomic E-state index is 0.309. The Hall–Kier alpha value is -1.03. The van der Waals surface area contributed by atoms with Crippen molar-refractivity contribution in [2.75, 3.05) is 17.2 Å². The monoisotopic (exact) mass is 252 g/mol. The number of rotatable bonds is 1. The number of hydrogen-bond acceptors (Lipinski definition) is 4. The first-order valence-electron chi connectivity index (χ1n) is 6.30. The highest BCUT2D eigenvalue weighted by Crippen LogP contribution is 2.40. The molecule has 2 aliphatic rings. The van der Waals surface area contributed by atoms with Gasteiger partial charge in [-0.1, -0.05) is 24.4 Å². The quantitative estimate of drug-likeness (QED) is 0.834. The van der Waals surface area contributed by atoms with E-state index in [9.17, 15) is 0 Å². The highest BCUT2D eigenvalue weighted by atomic mass is 35.5. The zero-order valence-electron chi connectivity index (χ0n) is 9.77. The first kappa shape index (κ1) is 11.1. The van der Waals surface area contributed by atoms with Gasteiger partial charge in [0.15, 0.2) is 5.82 Å². The Bertz CT molecular complexity index is 423. The molecular weight excluding hydrogens is 236 g/mol. The van der Waals surface area contributed by atoms with Gasteiger partial charge in [0.1, 0.15) is 5.02 Å². The molecule has 3 rings (SSSR count). The number of nitrogen functional groups attached to an aromatic ring is 1. The molecule has 17 heavy (non-hydrogen) atoms. The average molecular weight is 253 g/mol. The number of hydrogen-bond donors (Lipinski definition) is 1. The Balaban J connectivity index is 1.91. The van der Waals surface area contributed by atoms with Crippen molar-refractivity contribution in [2.45, 2.75) is 38.1 Å². The maximum absolute atomic E-state index is 6.19. The molecule has 5 heteroatoms. The van der Waals surface area contributed by atoms with E-state index >= 15 is 0 Å². The van der Waals surface area contributed by atoms with Gasteiger partial charge in [-0.15, -0.1) is 0 Å². The Kier molecular flexibility index (Phi) is 2.82. The van der Waals surface area contributed by atoms with E-state index in [0.29, 0.717) is 17.0 Å². The number of nitrogens with two attached hydrogens (primary N) is 1. The summed E-state index contributed by atoms with van der Waals surface area (Å²) in [4.78, 5) is 10.6. The van der Waals surface area contributed by atoms with Crippen LogP contribution in [-0.2, 0) is 0 Å². The molecule has 2 heterocycles. The van der Waals surface area contributed by atoms with Gasteiger partial charge in [0.2, 0.25) is 5.95 Å². The number of nitrogens with zero attached hydrogens (tertiary/aromatic N) is 3. The molecule has 0 aromatic carbocycles. The Morgan fingerprint density at radius 3 is 3.00 bits per heavy atom. The van der Waals surface area contributed by atoms with Crippen molar-refractivity contribution in [1.29, 1.82) is 0 Å². The van der Waals surface area contributed by atoms with E-state index in [1.807, 2.05) is 0 Å². The SMILES string of the molecule is Nc1ncc(Cl)c(N2CCC3CCCCC32)n1. The molecular formula is C12H17ClN4. The van der Waals surface area contributed by atoms with Crippen LogP contribution in [0.1, 0.15) is 32.1 Å². The van der Waals surface area contributed by atoms with Crippen LogP contribution < -0.4 is 10.6 Å². The summed E-state index contributed by atoms with van der Waals surface area (Å²) < 4.78 is 0. The minimum absolute atomic E-state index is 0.309. The summed E-state index contributed by atoms with van der Waals surface area (Å²) in [7, 11) is 0. The van der Waals surface area contributed by atoms with Crippen LogP contribution in [0.3, 0.4) is 0 Å². The number of aromatic nitrogens is 2. The molecule has 2 unspecified atom stereocenters. The van der Waals surface area contributed by atoms with Gasteiger partial charge in [-0.3, -0.25) is 0 Å². The third kappa shape index (κ3) is 1.95. The molecule has 1 aliphatic heterocycles. The molecule has 1 saturated carbocycles. The van der Waals surface area contributed by atoms with Crippen LogP contribution in [0.15, 0.2) is 6.20 Å². The fourth-order valence-electron chi connectivity index (χ4n) is 3.24. The molecule has 2 fully saturated rings. The van der Waals surface area contributed by atoms with Gasteiger partial charge >= 0.3 is 0 Å². The van der Waals surface area contributed by atoms with Crippen molar-refractivity contribution in [2.24, 2.45) is 5.92 Å². The molecule has 4 nitrogen and oxygen atoms in total. The van der Waals surface area contributed by atoms with E-state index in [0.717, 1.165) is 18.3 Å². The lowest BCUT2D eigenvalue weighted by Gasteiger charge is -2.32. The van der Waals surface area contributed by atoms with Gasteiger partial charge in [0.25, 0.3) is 0 Å². The average Bonchev–Trinajstić information content (AvgIpc) is 2.76. The Morgan fingerprint density at radius 2 is 2.12 bits per heavy atom. The van der Waals surface area contributed by atoms with E-state index < -0.39 is 0 Å². The second-order valence-electron chi connectivity index (χ2n) is 4.99. The Labute approximate surface area is 106 Å². The summed E-state index contributed by atoms with van der Waals surface area (Å²) in [5, 5.41) is 0.616. The van der Waals surface area contributed by atoms with Crippen molar-refractivity contribution in [3.05, 3.63) is 11.2 Å². The summed E-state index contributed by atoms with van der Waals surface area (Å²) in [6.07, 6.45) is 8.15. The summed E-state index contributed by atoms with van der Waals surface area (Å²) >= 11 is 6.19. The van der Waals surface area contributed by atoms with Gasteiger partial charge in [-0.25, -0.2) is 4.98 Å². The molecule has 2 atom stereocenters. The first-order chi connectivity index (χ1) is 8.25. The van der Waals surface area contributed by atoms with Crippen LogP contribution in [0.2, 0.25) is 5.02 Å². The molecule has 2 N–H and O–H groups in total. The first-order valence-corrected chi connectivity index (χ1v) is 6.68. The van der Waals surface area contributed by atoms with Crippen LogP contribution in [0.25, 0.3) is 0 Å². The minimum Gasteiger partial charge on any atom is -0.368 e. The largest absolute Gasteiger partial charge is 0.368 e. The predicted molar refractivity (Wildman–Crippen MR) is 69.2 cm³/mol. The second-order valence-corrected chi connectivity index (χ2v) is 5.40. The van der Waals surface area contributed by atoms with Crippen LogP contribution in [0.4, 0.5) is 11.8 Å². The molecule has 0 amide bonds. The lowest BCUT2D eigenvalue weighted by molar-refractivity contribution is 0.341. The molecule has 1 saturated heterocycles. The molecule has 0 bridgehead atoms. The third-order valence-electron chi connectivity index (χ3n) is 4.03. The number of fused-ring (bicyclic) bond motifs is 1. The van der Waals surface area contributed by atoms with Crippen LogP contribution in [-0.4, -0.2) is 22.6 Å². The van der Waals surface area contributed by atoms with Crippen molar-refractivity contribution >= 4 is 23.4 Å². The highest BCUT2D eigenvalue weighted by Gasteiger charge is 2.37. The van der Waals surface area contributed by atoms with Gasteiger partial charge in [0.05, 0.1) is 6.20 Å². The molecule has 0 radical (unpaired) electrons. The fraction of sp³-hybridized carbons (Fsp3) is 0.667. The molecule has 1 aromatic heterocycles. The van der Waals surface area contributed by atoms with Crippen molar-refractivity contribution in [3.63, 3.8) is 0 Å². The standard InChI is InChI=1S/C12H17ClN4/c13-9-7-15-12(14)16-11(9)17-6-5-8-3-1-2-4-10(8)17/h7-8,10H,1-6H2,(H2,14,15,16). The molecule has 1 aliphatic carbocycles. The maximum Gasteiger partial charge on any atom is 0.222 e. The Morgan fingerprint density at radius 1 is 1.29 bits per heavy atom. The second kappa shape index (κ2) is 4.33. The van der Waals surface area contributed by atoms with Gasteiger partial charge < -0.3 is 10.6 Å². The maximum atomic E-state index is 6.19. The molecule has 1 aromatic rings. The summed E-state index contributed by atoms with van der Waals surface area (Å²) in [6.45, 7) is 1.05. The topological polar surface area (TPSA) is 55.0 Å². The summed E-state index contributed by atoms with van der Waals surface area (Å²) in [5.41, 5.74) is 5.66. The molecule has 0 spiro atoms. The normalized spacial score (nSPS) is 28.2. The fourth-order valence-corrected chi connectivity index (χ4v) is 3.44. The van der Waals surface area contributed by atoms with E-state index in [1.54, 1.807) is 6.20 Å². The van der Waals surface area contributed by atoms with Gasteiger partial charge in [0, 0.05) is 12.6 Å². The smallest absolute Gasteiger partial charge is 0.222 e. The van der Waals surface area contributed by atoms with Crippen molar-refractivity contribution in [3.8, 4) is 0 Å². The van der Waals surface area contributed by atoms with E-state index in [2.05, 4.69) is 14.9 Å². The number of anilines is 2. The van der Waals surface area contributed by atoms with Crippen LogP contribution in [0.5, 0.6) is 0 Å². The summed E-state index contributed by atoms with van der Waals surface area (Å²) in [6, 6.07) is 0.607. The van der Waals surface area contributed by atoms with Crippen LogP contribution in [0, 0.1) is 5.92 Å². The predicted octanol–water partition coefficient (Wildman–Crippen LogP) is 2.48. The number of halogens is 1. The van der Waals surface area contributed by atoms with Crippen LogP contribution >= 0.6 is 11.6 Å². The highest BCUT2D eigenvalue weighted by molar-refractivity contribution is 6.32.